The molecule has 96 valence electrons. The molecule has 20 heavy (non-hydrogen) atoms. The standard InChI is InChI=1S/C20H16/c1-14-11-17-7-4-8-19(20(17)12-14)18-10-9-15-5-2-3-6-16(15)13-18/h2-11,13H,12H2,1H3. The van der Waals surface area contributed by atoms with Crippen LogP contribution in [-0.4, -0.2) is 0 Å². The summed E-state index contributed by atoms with van der Waals surface area (Å²) in [7, 11) is 0. The monoisotopic (exact) mass is 256 g/mol. The number of allylic oxidation sites excluding steroid dienone is 1. The molecule has 0 nitrogen and oxygen atoms in total. The Labute approximate surface area is 119 Å². The molecule has 0 N–H and O–H groups in total. The van der Waals surface area contributed by atoms with Gasteiger partial charge in [-0.25, -0.2) is 0 Å². The van der Waals surface area contributed by atoms with Crippen LogP contribution >= 0.6 is 0 Å². The van der Waals surface area contributed by atoms with Crippen molar-refractivity contribution in [2.75, 3.05) is 0 Å². The maximum atomic E-state index is 2.31. The normalized spacial score (nSPS) is 13.3. The van der Waals surface area contributed by atoms with E-state index in [1.165, 1.54) is 38.6 Å². The predicted octanol–water partition coefficient (Wildman–Crippen LogP) is 5.47. The predicted molar refractivity (Wildman–Crippen MR) is 86.7 cm³/mol. The molecule has 0 aliphatic heterocycles. The Morgan fingerprint density at radius 2 is 1.65 bits per heavy atom. The van der Waals surface area contributed by atoms with Crippen LogP contribution in [0.2, 0.25) is 0 Å². The molecule has 0 bridgehead atoms. The van der Waals surface area contributed by atoms with Gasteiger partial charge in [0.15, 0.2) is 0 Å². The maximum absolute atomic E-state index is 2.31. The summed E-state index contributed by atoms with van der Waals surface area (Å²) in [6.45, 7) is 2.21. The van der Waals surface area contributed by atoms with Crippen molar-refractivity contribution in [3.05, 3.63) is 77.4 Å². The van der Waals surface area contributed by atoms with E-state index in [1.807, 2.05) is 0 Å². The average molecular weight is 256 g/mol. The molecular weight excluding hydrogens is 240 g/mol. The van der Waals surface area contributed by atoms with Crippen molar-refractivity contribution in [1.29, 1.82) is 0 Å². The Morgan fingerprint density at radius 1 is 0.800 bits per heavy atom. The Kier molecular flexibility index (Phi) is 2.50. The summed E-state index contributed by atoms with van der Waals surface area (Å²) in [6.07, 6.45) is 3.39. The molecule has 3 aromatic carbocycles. The first-order chi connectivity index (χ1) is 9.81. The van der Waals surface area contributed by atoms with Crippen LogP contribution in [0.5, 0.6) is 0 Å². The molecule has 0 radical (unpaired) electrons. The van der Waals surface area contributed by atoms with Crippen molar-refractivity contribution in [2.24, 2.45) is 0 Å². The fourth-order valence-electron chi connectivity index (χ4n) is 3.16. The highest BCUT2D eigenvalue weighted by molar-refractivity contribution is 5.88. The van der Waals surface area contributed by atoms with E-state index in [-0.39, 0.29) is 0 Å². The fourth-order valence-corrected chi connectivity index (χ4v) is 3.16. The minimum Gasteiger partial charge on any atom is -0.0683 e. The molecule has 1 aliphatic rings. The van der Waals surface area contributed by atoms with Gasteiger partial charge in [0.1, 0.15) is 0 Å². The number of benzene rings is 3. The summed E-state index contributed by atoms with van der Waals surface area (Å²) < 4.78 is 0. The molecule has 0 unspecified atom stereocenters. The molecule has 0 heterocycles. The van der Waals surface area contributed by atoms with E-state index in [0.717, 1.165) is 6.42 Å². The fraction of sp³-hybridized carbons (Fsp3) is 0.100. The lowest BCUT2D eigenvalue weighted by molar-refractivity contribution is 1.20. The van der Waals surface area contributed by atoms with Gasteiger partial charge in [0.2, 0.25) is 0 Å². The summed E-state index contributed by atoms with van der Waals surface area (Å²) in [4.78, 5) is 0. The first-order valence-electron chi connectivity index (χ1n) is 7.09. The third-order valence-corrected chi connectivity index (χ3v) is 4.13. The van der Waals surface area contributed by atoms with Crippen molar-refractivity contribution < 1.29 is 0 Å². The van der Waals surface area contributed by atoms with E-state index in [1.54, 1.807) is 0 Å². The quantitative estimate of drug-likeness (QED) is 0.542. The molecular formula is C20H16. The second kappa shape index (κ2) is 4.35. The van der Waals surface area contributed by atoms with Gasteiger partial charge in [-0.05, 0) is 52.4 Å². The highest BCUT2D eigenvalue weighted by Crippen LogP contribution is 2.34. The van der Waals surface area contributed by atoms with Crippen LogP contribution in [0.3, 0.4) is 0 Å². The van der Waals surface area contributed by atoms with Gasteiger partial charge in [0, 0.05) is 0 Å². The van der Waals surface area contributed by atoms with Crippen molar-refractivity contribution in [3.8, 4) is 11.1 Å². The Morgan fingerprint density at radius 3 is 2.55 bits per heavy atom. The summed E-state index contributed by atoms with van der Waals surface area (Å²) in [5, 5.41) is 2.61. The minimum atomic E-state index is 1.08. The molecule has 1 aliphatic carbocycles. The molecule has 0 atom stereocenters. The zero-order valence-corrected chi connectivity index (χ0v) is 11.6. The van der Waals surface area contributed by atoms with Crippen molar-refractivity contribution in [3.63, 3.8) is 0 Å². The van der Waals surface area contributed by atoms with Crippen LogP contribution in [0.1, 0.15) is 18.1 Å². The van der Waals surface area contributed by atoms with Crippen LogP contribution < -0.4 is 0 Å². The first-order valence-corrected chi connectivity index (χ1v) is 7.09. The summed E-state index contributed by atoms with van der Waals surface area (Å²) in [6, 6.07) is 21.9. The molecule has 0 heteroatoms. The van der Waals surface area contributed by atoms with Crippen LogP contribution in [0.25, 0.3) is 28.0 Å². The lowest BCUT2D eigenvalue weighted by atomic mass is 9.94. The smallest absolute Gasteiger partial charge is 0.00544 e. The molecule has 0 amide bonds. The van der Waals surface area contributed by atoms with E-state index in [9.17, 15) is 0 Å². The SMILES string of the molecule is CC1=Cc2cccc(-c3ccc4ccccc4c3)c2C1. The maximum Gasteiger partial charge on any atom is -0.00544 e. The number of rotatable bonds is 1. The molecule has 0 aromatic heterocycles. The third kappa shape index (κ3) is 1.77. The number of hydrogen-bond donors (Lipinski definition) is 0. The van der Waals surface area contributed by atoms with Gasteiger partial charge in [-0.2, -0.15) is 0 Å². The third-order valence-electron chi connectivity index (χ3n) is 4.13. The van der Waals surface area contributed by atoms with Gasteiger partial charge < -0.3 is 0 Å². The zero-order chi connectivity index (χ0) is 13.5. The number of hydrogen-bond acceptors (Lipinski definition) is 0. The molecule has 3 aromatic rings. The lowest BCUT2D eigenvalue weighted by Gasteiger charge is -2.10. The Bertz CT molecular complexity index is 838. The zero-order valence-electron chi connectivity index (χ0n) is 11.6. The molecule has 0 saturated heterocycles. The lowest BCUT2D eigenvalue weighted by Crippen LogP contribution is -1.89. The van der Waals surface area contributed by atoms with Gasteiger partial charge in [0.25, 0.3) is 0 Å². The summed E-state index contributed by atoms with van der Waals surface area (Å²) in [5.74, 6) is 0. The van der Waals surface area contributed by atoms with Crippen LogP contribution in [-0.2, 0) is 6.42 Å². The first kappa shape index (κ1) is 11.5. The molecule has 0 saturated carbocycles. The number of fused-ring (bicyclic) bond motifs is 2. The Balaban J connectivity index is 1.91. The van der Waals surface area contributed by atoms with Gasteiger partial charge in [-0.15, -0.1) is 0 Å². The topological polar surface area (TPSA) is 0 Å². The van der Waals surface area contributed by atoms with Gasteiger partial charge in [-0.3, -0.25) is 0 Å². The molecule has 0 spiro atoms. The highest BCUT2D eigenvalue weighted by Gasteiger charge is 2.14. The van der Waals surface area contributed by atoms with Crippen molar-refractivity contribution in [2.45, 2.75) is 13.3 Å². The highest BCUT2D eigenvalue weighted by atomic mass is 14.2. The van der Waals surface area contributed by atoms with Crippen LogP contribution in [0.15, 0.2) is 66.2 Å². The van der Waals surface area contributed by atoms with E-state index in [0.29, 0.717) is 0 Å². The average Bonchev–Trinajstić information content (AvgIpc) is 2.86. The molecule has 0 fully saturated rings. The van der Waals surface area contributed by atoms with Crippen molar-refractivity contribution in [1.82, 2.24) is 0 Å². The largest absolute Gasteiger partial charge is 0.0683 e. The minimum absolute atomic E-state index is 1.08. The van der Waals surface area contributed by atoms with E-state index >= 15 is 0 Å². The van der Waals surface area contributed by atoms with Crippen molar-refractivity contribution >= 4 is 16.8 Å². The van der Waals surface area contributed by atoms with Gasteiger partial charge >= 0.3 is 0 Å². The molecule has 4 rings (SSSR count). The van der Waals surface area contributed by atoms with E-state index < -0.39 is 0 Å². The van der Waals surface area contributed by atoms with Crippen LogP contribution in [0.4, 0.5) is 0 Å². The van der Waals surface area contributed by atoms with E-state index in [4.69, 9.17) is 0 Å². The van der Waals surface area contributed by atoms with Gasteiger partial charge in [0.05, 0.1) is 0 Å². The van der Waals surface area contributed by atoms with E-state index in [2.05, 4.69) is 73.7 Å². The van der Waals surface area contributed by atoms with Gasteiger partial charge in [-0.1, -0.05) is 66.2 Å². The van der Waals surface area contributed by atoms with Crippen LogP contribution in [0, 0.1) is 0 Å². The second-order valence-corrected chi connectivity index (χ2v) is 5.60. The summed E-state index contributed by atoms with van der Waals surface area (Å²) >= 11 is 0. The Hall–Kier alpha value is -2.34. The summed E-state index contributed by atoms with van der Waals surface area (Å²) in [5.41, 5.74) is 7.01. The second-order valence-electron chi connectivity index (χ2n) is 5.60.